The number of hydrogen-bond donors (Lipinski definition) is 2. The predicted molar refractivity (Wildman–Crippen MR) is 67.9 cm³/mol. The maximum atomic E-state index is 12.0. The first kappa shape index (κ1) is 12.7. The molecule has 0 spiro atoms. The highest BCUT2D eigenvalue weighted by Crippen LogP contribution is 2.24. The number of rotatable bonds is 3. The molecule has 0 unspecified atom stereocenters. The second-order valence-electron chi connectivity index (χ2n) is 3.58. The fourth-order valence-electron chi connectivity index (χ4n) is 1.33. The Morgan fingerprint density at radius 3 is 2.72 bits per heavy atom. The second-order valence-corrected chi connectivity index (χ2v) is 5.67. The summed E-state index contributed by atoms with van der Waals surface area (Å²) < 4.78 is 31.1. The molecule has 0 aliphatic carbocycles. The molecule has 0 atom stereocenters. The van der Waals surface area contributed by atoms with Crippen LogP contribution in [0.1, 0.15) is 5.69 Å². The Kier molecular flexibility index (Phi) is 3.18. The number of sulfonamides is 1. The van der Waals surface area contributed by atoms with Crippen LogP contribution in [-0.2, 0) is 10.0 Å². The van der Waals surface area contributed by atoms with Crippen molar-refractivity contribution in [3.05, 3.63) is 35.2 Å². The van der Waals surface area contributed by atoms with Crippen LogP contribution in [0.15, 0.2) is 33.8 Å². The van der Waals surface area contributed by atoms with E-state index >= 15 is 0 Å². The smallest absolute Gasteiger partial charge is 0.309 e. The standard InChI is InChI=1S/C10H10ClN3O3S/c1-6-5-17-10(13-6)14-18(15,16)9-3-2-7(11)4-8(9)12/h2-5H,12H2,1H3,(H,13,14). The largest absolute Gasteiger partial charge is 0.431 e. The summed E-state index contributed by atoms with van der Waals surface area (Å²) in [5.41, 5.74) is 6.23. The third-order valence-electron chi connectivity index (χ3n) is 2.10. The van der Waals surface area contributed by atoms with E-state index in [4.69, 9.17) is 21.8 Å². The third-order valence-corrected chi connectivity index (χ3v) is 3.73. The molecule has 6 nitrogen and oxygen atoms in total. The zero-order chi connectivity index (χ0) is 13.3. The number of aromatic nitrogens is 1. The lowest BCUT2D eigenvalue weighted by molar-refractivity contribution is 0.569. The van der Waals surface area contributed by atoms with E-state index in [0.29, 0.717) is 10.7 Å². The van der Waals surface area contributed by atoms with Gasteiger partial charge in [0.2, 0.25) is 0 Å². The number of nitrogens with two attached hydrogens (primary N) is 1. The van der Waals surface area contributed by atoms with E-state index in [2.05, 4.69) is 9.71 Å². The molecule has 96 valence electrons. The monoisotopic (exact) mass is 287 g/mol. The molecule has 1 aromatic carbocycles. The zero-order valence-corrected chi connectivity index (χ0v) is 10.9. The first-order valence-electron chi connectivity index (χ1n) is 4.88. The van der Waals surface area contributed by atoms with Gasteiger partial charge in [-0.1, -0.05) is 11.6 Å². The molecule has 1 aromatic heterocycles. The average Bonchev–Trinajstić information content (AvgIpc) is 2.62. The van der Waals surface area contributed by atoms with E-state index in [0.717, 1.165) is 0 Å². The normalized spacial score (nSPS) is 11.4. The fraction of sp³-hybridized carbons (Fsp3) is 0.100. The number of nitrogen functional groups attached to an aromatic ring is 1. The van der Waals surface area contributed by atoms with E-state index in [9.17, 15) is 8.42 Å². The van der Waals surface area contributed by atoms with Crippen LogP contribution in [-0.4, -0.2) is 13.4 Å². The molecule has 8 heteroatoms. The number of nitrogens with one attached hydrogen (secondary N) is 1. The molecule has 0 aliphatic heterocycles. The number of halogens is 1. The van der Waals surface area contributed by atoms with Crippen LogP contribution in [0, 0.1) is 6.92 Å². The van der Waals surface area contributed by atoms with Crippen LogP contribution in [0.4, 0.5) is 11.7 Å². The minimum absolute atomic E-state index is 0.0540. The van der Waals surface area contributed by atoms with Gasteiger partial charge in [-0.25, -0.2) is 13.1 Å². The van der Waals surface area contributed by atoms with Gasteiger partial charge >= 0.3 is 6.01 Å². The van der Waals surface area contributed by atoms with Crippen LogP contribution in [0.5, 0.6) is 0 Å². The summed E-state index contributed by atoms with van der Waals surface area (Å²) in [6, 6.07) is 4.00. The van der Waals surface area contributed by atoms with E-state index in [1.807, 2.05) is 0 Å². The van der Waals surface area contributed by atoms with Crippen LogP contribution in [0.2, 0.25) is 5.02 Å². The lowest BCUT2D eigenvalue weighted by atomic mass is 10.3. The molecule has 0 saturated carbocycles. The van der Waals surface area contributed by atoms with Gasteiger partial charge in [0.1, 0.15) is 11.2 Å². The van der Waals surface area contributed by atoms with Gasteiger partial charge in [-0.05, 0) is 25.1 Å². The predicted octanol–water partition coefficient (Wildman–Crippen LogP) is 2.02. The fourth-order valence-corrected chi connectivity index (χ4v) is 2.57. The van der Waals surface area contributed by atoms with Crippen molar-refractivity contribution in [1.29, 1.82) is 0 Å². The van der Waals surface area contributed by atoms with Crippen molar-refractivity contribution >= 4 is 33.3 Å². The minimum Gasteiger partial charge on any atom is -0.431 e. The molecular weight excluding hydrogens is 278 g/mol. The van der Waals surface area contributed by atoms with Crippen molar-refractivity contribution in [2.45, 2.75) is 11.8 Å². The minimum atomic E-state index is -3.84. The van der Waals surface area contributed by atoms with Crippen molar-refractivity contribution in [1.82, 2.24) is 4.98 Å². The van der Waals surface area contributed by atoms with Crippen LogP contribution >= 0.6 is 11.6 Å². The highest BCUT2D eigenvalue weighted by molar-refractivity contribution is 7.92. The average molecular weight is 288 g/mol. The first-order chi connectivity index (χ1) is 8.38. The molecule has 0 radical (unpaired) electrons. The summed E-state index contributed by atoms with van der Waals surface area (Å²) in [6.45, 7) is 1.68. The van der Waals surface area contributed by atoms with Crippen molar-refractivity contribution in [2.75, 3.05) is 10.5 Å². The molecule has 3 N–H and O–H groups in total. The highest BCUT2D eigenvalue weighted by atomic mass is 35.5. The van der Waals surface area contributed by atoms with Gasteiger partial charge in [-0.2, -0.15) is 4.98 Å². The molecule has 2 rings (SSSR count). The van der Waals surface area contributed by atoms with E-state index < -0.39 is 10.0 Å². The number of benzene rings is 1. The maximum Gasteiger partial charge on any atom is 0.309 e. The Balaban J connectivity index is 2.36. The summed E-state index contributed by atoms with van der Waals surface area (Å²) in [6.07, 6.45) is 1.34. The number of anilines is 2. The van der Waals surface area contributed by atoms with E-state index in [1.165, 1.54) is 24.5 Å². The van der Waals surface area contributed by atoms with Crippen LogP contribution in [0.3, 0.4) is 0 Å². The van der Waals surface area contributed by atoms with Gasteiger partial charge in [0.15, 0.2) is 0 Å². The van der Waals surface area contributed by atoms with E-state index in [-0.39, 0.29) is 16.6 Å². The van der Waals surface area contributed by atoms with Gasteiger partial charge in [0, 0.05) is 5.02 Å². The van der Waals surface area contributed by atoms with Crippen LogP contribution in [0.25, 0.3) is 0 Å². The number of hydrogen-bond acceptors (Lipinski definition) is 5. The number of nitrogens with zero attached hydrogens (tertiary/aromatic N) is 1. The zero-order valence-electron chi connectivity index (χ0n) is 9.34. The lowest BCUT2D eigenvalue weighted by Gasteiger charge is -2.07. The number of oxazole rings is 1. The summed E-state index contributed by atoms with van der Waals surface area (Å²) in [4.78, 5) is 3.76. The van der Waals surface area contributed by atoms with Crippen molar-refractivity contribution in [3.8, 4) is 0 Å². The molecule has 0 amide bonds. The first-order valence-corrected chi connectivity index (χ1v) is 6.74. The Morgan fingerprint density at radius 1 is 1.44 bits per heavy atom. The number of aryl methyl sites for hydroxylation is 1. The van der Waals surface area contributed by atoms with Gasteiger partial charge < -0.3 is 10.2 Å². The Labute approximate surface area is 109 Å². The Bertz CT molecular complexity index is 681. The molecule has 2 aromatic rings. The maximum absolute atomic E-state index is 12.0. The molecule has 0 bridgehead atoms. The molecule has 0 fully saturated rings. The van der Waals surface area contributed by atoms with E-state index in [1.54, 1.807) is 6.92 Å². The quantitative estimate of drug-likeness (QED) is 0.842. The summed E-state index contributed by atoms with van der Waals surface area (Å²) >= 11 is 5.70. The van der Waals surface area contributed by atoms with Crippen molar-refractivity contribution in [2.24, 2.45) is 0 Å². The SMILES string of the molecule is Cc1coc(NS(=O)(=O)c2ccc(Cl)cc2N)n1. The molecule has 0 aliphatic rings. The summed E-state index contributed by atoms with van der Waals surface area (Å²) in [5, 5.41) is 0.360. The Morgan fingerprint density at radius 2 is 2.17 bits per heavy atom. The highest BCUT2D eigenvalue weighted by Gasteiger charge is 2.19. The molecule has 18 heavy (non-hydrogen) atoms. The van der Waals surface area contributed by atoms with Gasteiger partial charge in [-0.15, -0.1) is 0 Å². The van der Waals surface area contributed by atoms with Gasteiger partial charge in [0.05, 0.1) is 11.4 Å². The summed E-state index contributed by atoms with van der Waals surface area (Å²) in [5.74, 6) is 0. The van der Waals surface area contributed by atoms with Gasteiger partial charge in [-0.3, -0.25) is 0 Å². The van der Waals surface area contributed by atoms with Crippen LogP contribution < -0.4 is 10.5 Å². The molecule has 0 saturated heterocycles. The third kappa shape index (κ3) is 2.57. The van der Waals surface area contributed by atoms with Crippen molar-refractivity contribution in [3.63, 3.8) is 0 Å². The topological polar surface area (TPSA) is 98.2 Å². The second kappa shape index (κ2) is 4.51. The van der Waals surface area contributed by atoms with Crippen molar-refractivity contribution < 1.29 is 12.8 Å². The lowest BCUT2D eigenvalue weighted by Crippen LogP contribution is -2.15. The molecule has 1 heterocycles. The van der Waals surface area contributed by atoms with Gasteiger partial charge in [0.25, 0.3) is 10.0 Å². The summed E-state index contributed by atoms with van der Waals surface area (Å²) in [7, 11) is -3.84. The molecular formula is C10H10ClN3O3S. The Hall–Kier alpha value is -1.73.